The van der Waals surface area contributed by atoms with Crippen LogP contribution in [0.3, 0.4) is 0 Å². The Hall–Kier alpha value is -2.10. The Morgan fingerprint density at radius 1 is 1.21 bits per heavy atom. The lowest BCUT2D eigenvalue weighted by Crippen LogP contribution is -2.17. The maximum atomic E-state index is 13.2. The first kappa shape index (κ1) is 13.3. The van der Waals surface area contributed by atoms with Gasteiger partial charge in [0.05, 0.1) is 5.56 Å². The summed E-state index contributed by atoms with van der Waals surface area (Å²) in [7, 11) is 1.86. The molecule has 0 saturated carbocycles. The van der Waals surface area contributed by atoms with Crippen LogP contribution in [0.15, 0.2) is 48.5 Å². The van der Waals surface area contributed by atoms with Crippen LogP contribution >= 0.6 is 0 Å². The fourth-order valence-electron chi connectivity index (χ4n) is 1.92. The van der Waals surface area contributed by atoms with Crippen LogP contribution < -0.4 is 5.46 Å². The van der Waals surface area contributed by atoms with E-state index in [0.29, 0.717) is 11.1 Å². The number of ether oxygens (including phenoxy) is 1. The van der Waals surface area contributed by atoms with Crippen molar-refractivity contribution in [2.24, 2.45) is 0 Å². The lowest BCUT2D eigenvalue weighted by molar-refractivity contribution is 0.0339. The van der Waals surface area contributed by atoms with Gasteiger partial charge in [-0.1, -0.05) is 29.7 Å². The van der Waals surface area contributed by atoms with Crippen LogP contribution in [0.1, 0.15) is 28.9 Å². The Kier molecular flexibility index (Phi) is 4.00. The summed E-state index contributed by atoms with van der Waals surface area (Å²) in [6, 6.07) is 13.2. The quantitative estimate of drug-likeness (QED) is 0.620. The highest BCUT2D eigenvalue weighted by Gasteiger charge is 2.15. The van der Waals surface area contributed by atoms with Gasteiger partial charge in [0.2, 0.25) is 0 Å². The Bertz CT molecular complexity index is 584. The van der Waals surface area contributed by atoms with Gasteiger partial charge in [0.1, 0.15) is 19.8 Å². The van der Waals surface area contributed by atoms with Crippen LogP contribution in [-0.4, -0.2) is 13.8 Å². The molecular weight excluding hydrogens is 242 g/mol. The van der Waals surface area contributed by atoms with Crippen LogP contribution in [0, 0.1) is 5.82 Å². The van der Waals surface area contributed by atoms with E-state index in [0.717, 1.165) is 5.46 Å². The molecule has 0 radical (unpaired) electrons. The lowest BCUT2D eigenvalue weighted by atomic mass is 9.88. The molecule has 2 nitrogen and oxygen atoms in total. The predicted molar refractivity (Wildman–Crippen MR) is 74.9 cm³/mol. The first-order chi connectivity index (χ1) is 9.08. The Labute approximate surface area is 112 Å². The Morgan fingerprint density at radius 3 is 2.58 bits per heavy atom. The van der Waals surface area contributed by atoms with Crippen LogP contribution in [0.5, 0.6) is 0 Å². The molecule has 0 N–H and O–H groups in total. The number of halogens is 1. The van der Waals surface area contributed by atoms with Gasteiger partial charge in [0, 0.05) is 0 Å². The summed E-state index contributed by atoms with van der Waals surface area (Å²) in [6.45, 7) is 1.74. The Balaban J connectivity index is 2.15. The normalized spacial score (nSPS) is 11.9. The SMILES string of the molecule is Bc1ccc(F)cc1[C@@H](C)OC(=O)c1ccccc1. The molecule has 0 aliphatic rings. The molecule has 0 saturated heterocycles. The molecule has 0 bridgehead atoms. The smallest absolute Gasteiger partial charge is 0.338 e. The molecule has 0 fully saturated rings. The van der Waals surface area contributed by atoms with Gasteiger partial charge in [-0.25, -0.2) is 9.18 Å². The van der Waals surface area contributed by atoms with Gasteiger partial charge in [0.25, 0.3) is 0 Å². The van der Waals surface area contributed by atoms with Crippen molar-refractivity contribution in [3.05, 3.63) is 65.5 Å². The van der Waals surface area contributed by atoms with Gasteiger partial charge >= 0.3 is 5.97 Å². The monoisotopic (exact) mass is 256 g/mol. The van der Waals surface area contributed by atoms with Gasteiger partial charge in [0.15, 0.2) is 0 Å². The summed E-state index contributed by atoms with van der Waals surface area (Å²) in [6.07, 6.45) is -0.483. The van der Waals surface area contributed by atoms with E-state index in [1.165, 1.54) is 12.1 Å². The van der Waals surface area contributed by atoms with Gasteiger partial charge in [-0.15, -0.1) is 0 Å². The van der Waals surface area contributed by atoms with Crippen molar-refractivity contribution in [1.82, 2.24) is 0 Å². The highest BCUT2D eigenvalue weighted by Crippen LogP contribution is 2.17. The topological polar surface area (TPSA) is 26.3 Å². The molecule has 96 valence electrons. The fraction of sp³-hybridized carbons (Fsp3) is 0.133. The number of esters is 1. The molecule has 0 spiro atoms. The van der Waals surface area contributed by atoms with Gasteiger partial charge in [-0.2, -0.15) is 0 Å². The summed E-state index contributed by atoms with van der Waals surface area (Å²) < 4.78 is 18.6. The number of carbonyl (C=O) groups excluding carboxylic acids is 1. The third-order valence-corrected chi connectivity index (χ3v) is 2.97. The molecule has 2 rings (SSSR count). The van der Waals surface area contributed by atoms with Crippen molar-refractivity contribution in [3.8, 4) is 0 Å². The third kappa shape index (κ3) is 3.22. The van der Waals surface area contributed by atoms with Crippen molar-refractivity contribution >= 4 is 19.3 Å². The van der Waals surface area contributed by atoms with E-state index < -0.39 is 12.1 Å². The zero-order chi connectivity index (χ0) is 13.8. The molecule has 0 amide bonds. The summed E-state index contributed by atoms with van der Waals surface area (Å²) >= 11 is 0. The molecule has 0 heterocycles. The largest absolute Gasteiger partial charge is 0.454 e. The highest BCUT2D eigenvalue weighted by atomic mass is 19.1. The van der Waals surface area contributed by atoms with E-state index in [2.05, 4.69) is 0 Å². The minimum absolute atomic E-state index is 0.330. The molecular formula is C15H14BFO2. The average molecular weight is 256 g/mol. The third-order valence-electron chi connectivity index (χ3n) is 2.97. The fourth-order valence-corrected chi connectivity index (χ4v) is 1.92. The van der Waals surface area contributed by atoms with Crippen LogP contribution in [0.25, 0.3) is 0 Å². The molecule has 4 heteroatoms. The molecule has 0 aliphatic heterocycles. The summed E-state index contributed by atoms with van der Waals surface area (Å²) in [5.41, 5.74) is 2.07. The number of benzene rings is 2. The van der Waals surface area contributed by atoms with Gasteiger partial charge < -0.3 is 4.74 Å². The van der Waals surface area contributed by atoms with E-state index in [4.69, 9.17) is 4.74 Å². The van der Waals surface area contributed by atoms with Crippen molar-refractivity contribution in [3.63, 3.8) is 0 Å². The van der Waals surface area contributed by atoms with Crippen LogP contribution in [0.2, 0.25) is 0 Å². The maximum absolute atomic E-state index is 13.2. The maximum Gasteiger partial charge on any atom is 0.338 e. The second-order valence-corrected chi connectivity index (χ2v) is 4.41. The van der Waals surface area contributed by atoms with Crippen LogP contribution in [-0.2, 0) is 4.74 Å². The van der Waals surface area contributed by atoms with Crippen molar-refractivity contribution < 1.29 is 13.9 Å². The van der Waals surface area contributed by atoms with E-state index >= 15 is 0 Å². The molecule has 19 heavy (non-hydrogen) atoms. The minimum Gasteiger partial charge on any atom is -0.454 e. The van der Waals surface area contributed by atoms with E-state index in [1.54, 1.807) is 37.3 Å². The summed E-state index contributed by atoms with van der Waals surface area (Å²) in [5, 5.41) is 0. The van der Waals surface area contributed by atoms with Gasteiger partial charge in [-0.05, 0) is 36.8 Å². The van der Waals surface area contributed by atoms with E-state index in [-0.39, 0.29) is 5.82 Å². The van der Waals surface area contributed by atoms with Crippen LogP contribution in [0.4, 0.5) is 4.39 Å². The second kappa shape index (κ2) is 5.70. The predicted octanol–water partition coefficient (Wildman–Crippen LogP) is 2.00. The minimum atomic E-state index is -0.483. The average Bonchev–Trinajstić information content (AvgIpc) is 2.42. The Morgan fingerprint density at radius 2 is 1.89 bits per heavy atom. The molecule has 1 atom stereocenters. The summed E-state index contributed by atoms with van der Waals surface area (Å²) in [4.78, 5) is 11.9. The van der Waals surface area contributed by atoms with E-state index in [1.807, 2.05) is 13.9 Å². The highest BCUT2D eigenvalue weighted by molar-refractivity contribution is 6.33. The van der Waals surface area contributed by atoms with Crippen molar-refractivity contribution in [2.45, 2.75) is 13.0 Å². The van der Waals surface area contributed by atoms with Gasteiger partial charge in [-0.3, -0.25) is 0 Å². The number of hydrogen-bond donors (Lipinski definition) is 0. The lowest BCUT2D eigenvalue weighted by Gasteiger charge is -2.16. The molecule has 0 aliphatic carbocycles. The summed E-state index contributed by atoms with van der Waals surface area (Å²) in [5.74, 6) is -0.736. The number of hydrogen-bond acceptors (Lipinski definition) is 2. The van der Waals surface area contributed by atoms with Crippen molar-refractivity contribution in [2.75, 3.05) is 0 Å². The second-order valence-electron chi connectivity index (χ2n) is 4.41. The first-order valence-electron chi connectivity index (χ1n) is 6.10. The zero-order valence-electron chi connectivity index (χ0n) is 10.9. The molecule has 0 aromatic heterocycles. The molecule has 0 unspecified atom stereocenters. The standard InChI is InChI=1S/C15H14BFO2/c1-10(13-9-12(17)7-8-14(13)16)19-15(18)11-5-3-2-4-6-11/h2-10H,16H2,1H3/t10-/m1/s1. The first-order valence-corrected chi connectivity index (χ1v) is 6.10. The zero-order valence-corrected chi connectivity index (χ0v) is 10.9. The van der Waals surface area contributed by atoms with E-state index in [9.17, 15) is 9.18 Å². The van der Waals surface area contributed by atoms with Crippen molar-refractivity contribution in [1.29, 1.82) is 0 Å². The molecule has 2 aromatic rings. The number of rotatable bonds is 3. The molecule has 2 aromatic carbocycles. The number of carbonyl (C=O) groups is 1.